The summed E-state index contributed by atoms with van der Waals surface area (Å²) in [6.07, 6.45) is 3.61. The van der Waals surface area contributed by atoms with Crippen molar-refractivity contribution in [3.8, 4) is 0 Å². The van der Waals surface area contributed by atoms with E-state index < -0.39 is 0 Å². The largest absolute Gasteiger partial charge is 0.387 e. The fourth-order valence-electron chi connectivity index (χ4n) is 0.569. The van der Waals surface area contributed by atoms with Crippen LogP contribution in [0.1, 0.15) is 5.56 Å². The van der Waals surface area contributed by atoms with E-state index in [4.69, 9.17) is 0 Å². The van der Waals surface area contributed by atoms with Gasteiger partial charge in [-0.05, 0) is 6.42 Å². The van der Waals surface area contributed by atoms with E-state index >= 15 is 0 Å². The Hall–Kier alpha value is -1.25. The maximum Gasteiger partial charge on any atom is 0.283 e. The molecular formula is C6H7NO2. The predicted octanol–water partition coefficient (Wildman–Crippen LogP) is 0.696. The summed E-state index contributed by atoms with van der Waals surface area (Å²) in [5.41, 5.74) is 0.444. The number of aromatic amines is 1. The highest BCUT2D eigenvalue weighted by atomic mass is 16.5. The Morgan fingerprint density at radius 2 is 2.67 bits per heavy atom. The van der Waals surface area contributed by atoms with Gasteiger partial charge >= 0.3 is 0 Å². The molecule has 1 N–H and O–H groups in total. The van der Waals surface area contributed by atoms with E-state index in [0.717, 1.165) is 0 Å². The van der Waals surface area contributed by atoms with E-state index in [9.17, 15) is 4.79 Å². The summed E-state index contributed by atoms with van der Waals surface area (Å²) in [6.45, 7) is 3.48. The first kappa shape index (κ1) is 5.88. The summed E-state index contributed by atoms with van der Waals surface area (Å²) in [6, 6.07) is 0. The van der Waals surface area contributed by atoms with E-state index in [0.29, 0.717) is 12.0 Å². The summed E-state index contributed by atoms with van der Waals surface area (Å²) < 4.78 is 4.51. The second-order valence-electron chi connectivity index (χ2n) is 1.68. The predicted molar refractivity (Wildman–Crippen MR) is 33.2 cm³/mol. The van der Waals surface area contributed by atoms with Gasteiger partial charge in [0, 0.05) is 0 Å². The molecule has 1 aromatic heterocycles. The molecule has 3 heteroatoms. The van der Waals surface area contributed by atoms with Gasteiger partial charge < -0.3 is 4.52 Å². The van der Waals surface area contributed by atoms with Crippen LogP contribution < -0.4 is 5.56 Å². The van der Waals surface area contributed by atoms with Crippen molar-refractivity contribution in [1.29, 1.82) is 0 Å². The van der Waals surface area contributed by atoms with Crippen LogP contribution in [-0.4, -0.2) is 5.16 Å². The Bertz CT molecular complexity index is 246. The summed E-state index contributed by atoms with van der Waals surface area (Å²) >= 11 is 0. The van der Waals surface area contributed by atoms with Crippen LogP contribution in [0.5, 0.6) is 0 Å². The summed E-state index contributed by atoms with van der Waals surface area (Å²) in [7, 11) is 0. The van der Waals surface area contributed by atoms with Gasteiger partial charge in [0.2, 0.25) is 0 Å². The minimum Gasteiger partial charge on any atom is -0.387 e. The van der Waals surface area contributed by atoms with Crippen LogP contribution in [0.2, 0.25) is 0 Å². The average Bonchev–Trinajstić information content (AvgIpc) is 2.18. The van der Waals surface area contributed by atoms with E-state index in [1.165, 1.54) is 6.26 Å². The maximum absolute atomic E-state index is 10.6. The number of hydrogen-bond donors (Lipinski definition) is 1. The number of aromatic nitrogens is 1. The van der Waals surface area contributed by atoms with Crippen LogP contribution >= 0.6 is 0 Å². The average molecular weight is 125 g/mol. The van der Waals surface area contributed by atoms with Crippen molar-refractivity contribution in [3.63, 3.8) is 0 Å². The van der Waals surface area contributed by atoms with Gasteiger partial charge in [-0.25, -0.2) is 0 Å². The zero-order valence-electron chi connectivity index (χ0n) is 4.89. The van der Waals surface area contributed by atoms with Crippen molar-refractivity contribution in [2.24, 2.45) is 0 Å². The topological polar surface area (TPSA) is 46.0 Å². The molecule has 0 fully saturated rings. The van der Waals surface area contributed by atoms with E-state index in [-0.39, 0.29) is 5.56 Å². The molecule has 0 saturated carbocycles. The number of nitrogens with one attached hydrogen (secondary N) is 1. The van der Waals surface area contributed by atoms with E-state index in [2.05, 4.69) is 16.3 Å². The first-order valence-electron chi connectivity index (χ1n) is 2.60. The Morgan fingerprint density at radius 3 is 3.11 bits per heavy atom. The minimum absolute atomic E-state index is 0.171. The summed E-state index contributed by atoms with van der Waals surface area (Å²) in [4.78, 5) is 10.6. The molecule has 9 heavy (non-hydrogen) atoms. The van der Waals surface area contributed by atoms with Gasteiger partial charge in [0.1, 0.15) is 6.26 Å². The minimum atomic E-state index is -0.171. The molecule has 0 spiro atoms. The number of hydrogen-bond acceptors (Lipinski definition) is 2. The second-order valence-corrected chi connectivity index (χ2v) is 1.68. The van der Waals surface area contributed by atoms with Crippen LogP contribution in [0.25, 0.3) is 0 Å². The van der Waals surface area contributed by atoms with Crippen molar-refractivity contribution in [2.75, 3.05) is 0 Å². The highest BCUT2D eigenvalue weighted by Crippen LogP contribution is 1.89. The van der Waals surface area contributed by atoms with Gasteiger partial charge in [0.25, 0.3) is 5.56 Å². The normalized spacial score (nSPS) is 9.33. The fraction of sp³-hybridized carbons (Fsp3) is 0.167. The lowest BCUT2D eigenvalue weighted by Crippen LogP contribution is -2.03. The van der Waals surface area contributed by atoms with Crippen molar-refractivity contribution in [2.45, 2.75) is 6.42 Å². The van der Waals surface area contributed by atoms with Crippen molar-refractivity contribution < 1.29 is 4.52 Å². The number of allylic oxidation sites excluding steroid dienone is 1. The molecule has 3 nitrogen and oxygen atoms in total. The highest BCUT2D eigenvalue weighted by molar-refractivity contribution is 5.05. The molecular weight excluding hydrogens is 118 g/mol. The van der Waals surface area contributed by atoms with Crippen LogP contribution in [-0.2, 0) is 6.42 Å². The smallest absolute Gasteiger partial charge is 0.283 e. The molecule has 0 aliphatic rings. The molecule has 1 aromatic rings. The molecule has 0 amide bonds. The first-order valence-corrected chi connectivity index (χ1v) is 2.60. The van der Waals surface area contributed by atoms with Crippen LogP contribution in [0.4, 0.5) is 0 Å². The van der Waals surface area contributed by atoms with Gasteiger partial charge in [-0.2, -0.15) is 5.16 Å². The quantitative estimate of drug-likeness (QED) is 0.591. The maximum atomic E-state index is 10.6. The van der Waals surface area contributed by atoms with Gasteiger partial charge in [-0.15, -0.1) is 6.58 Å². The van der Waals surface area contributed by atoms with Gasteiger partial charge in [-0.3, -0.25) is 4.79 Å². The molecule has 1 rings (SSSR count). The lowest BCUT2D eigenvalue weighted by molar-refractivity contribution is 0.413. The molecule has 0 aliphatic heterocycles. The van der Waals surface area contributed by atoms with Crippen molar-refractivity contribution in [3.05, 3.63) is 34.8 Å². The van der Waals surface area contributed by atoms with Gasteiger partial charge in [0.05, 0.1) is 5.56 Å². The van der Waals surface area contributed by atoms with E-state index in [1.54, 1.807) is 6.08 Å². The molecule has 1 heterocycles. The monoisotopic (exact) mass is 125 g/mol. The highest BCUT2D eigenvalue weighted by Gasteiger charge is 1.96. The lowest BCUT2D eigenvalue weighted by Gasteiger charge is -1.77. The molecule has 0 saturated heterocycles. The van der Waals surface area contributed by atoms with Crippen molar-refractivity contribution >= 4 is 0 Å². The standard InChI is InChI=1S/C6H7NO2/c1-2-3-5-4-9-7-6(5)8/h2,4H,1,3H2,(H,7,8). The second kappa shape index (κ2) is 2.35. The summed E-state index contributed by atoms with van der Waals surface area (Å²) in [5, 5.41) is 2.18. The van der Waals surface area contributed by atoms with Crippen LogP contribution in [0.15, 0.2) is 28.2 Å². The zero-order valence-corrected chi connectivity index (χ0v) is 4.89. The number of rotatable bonds is 2. The number of H-pyrrole nitrogens is 1. The molecule has 0 radical (unpaired) electrons. The zero-order chi connectivity index (χ0) is 6.69. The third-order valence-electron chi connectivity index (χ3n) is 1.01. The Kier molecular flexibility index (Phi) is 1.53. The summed E-state index contributed by atoms with van der Waals surface area (Å²) in [5.74, 6) is 0. The van der Waals surface area contributed by atoms with Crippen LogP contribution in [0, 0.1) is 0 Å². The Balaban J connectivity index is 2.93. The van der Waals surface area contributed by atoms with Gasteiger partial charge in [-0.1, -0.05) is 6.08 Å². The third-order valence-corrected chi connectivity index (χ3v) is 1.01. The molecule has 0 atom stereocenters. The Morgan fingerprint density at radius 1 is 1.89 bits per heavy atom. The van der Waals surface area contributed by atoms with Crippen molar-refractivity contribution in [1.82, 2.24) is 5.16 Å². The molecule has 0 aromatic carbocycles. The molecule has 0 unspecified atom stereocenters. The third kappa shape index (κ3) is 1.10. The fourth-order valence-corrected chi connectivity index (χ4v) is 0.569. The Labute approximate surface area is 52.0 Å². The molecule has 0 aliphatic carbocycles. The molecule has 48 valence electrons. The van der Waals surface area contributed by atoms with E-state index in [1.807, 2.05) is 0 Å². The SMILES string of the molecule is C=CCc1co[nH]c1=O. The lowest BCUT2D eigenvalue weighted by atomic mass is 10.3. The van der Waals surface area contributed by atoms with Gasteiger partial charge in [0.15, 0.2) is 0 Å². The molecule has 0 bridgehead atoms. The first-order chi connectivity index (χ1) is 4.34. The van der Waals surface area contributed by atoms with Crippen LogP contribution in [0.3, 0.4) is 0 Å².